The Labute approximate surface area is 165 Å². The van der Waals surface area contributed by atoms with Crippen LogP contribution in [-0.2, 0) is 18.2 Å². The van der Waals surface area contributed by atoms with Crippen molar-refractivity contribution in [3.8, 4) is 0 Å². The van der Waals surface area contributed by atoms with E-state index in [0.717, 1.165) is 19.4 Å². The van der Waals surface area contributed by atoms with Gasteiger partial charge in [-0.25, -0.2) is 0 Å². The number of para-hydroxylation sites is 1. The summed E-state index contributed by atoms with van der Waals surface area (Å²) in [5, 5.41) is 4.11. The van der Waals surface area contributed by atoms with Crippen LogP contribution in [0.3, 0.4) is 0 Å². The molecule has 0 amide bonds. The Kier molecular flexibility index (Phi) is 3.64. The van der Waals surface area contributed by atoms with Crippen LogP contribution in [0.2, 0.25) is 0 Å². The van der Waals surface area contributed by atoms with Crippen molar-refractivity contribution in [1.82, 2.24) is 4.57 Å². The minimum atomic E-state index is 0.191. The molecule has 2 heterocycles. The Morgan fingerprint density at radius 2 is 1.64 bits per heavy atom. The summed E-state index contributed by atoms with van der Waals surface area (Å²) in [5.41, 5.74) is 5.89. The van der Waals surface area contributed by atoms with Gasteiger partial charge in [0.15, 0.2) is 0 Å². The molecule has 0 saturated carbocycles. The quantitative estimate of drug-likeness (QED) is 0.394. The van der Waals surface area contributed by atoms with E-state index in [1.807, 2.05) is 0 Å². The largest absolute Gasteiger partial charge is 0.373 e. The van der Waals surface area contributed by atoms with E-state index in [0.29, 0.717) is 11.8 Å². The second-order valence-electron chi connectivity index (χ2n) is 8.40. The smallest absolute Gasteiger partial charge is 0.0865 e. The molecule has 0 bridgehead atoms. The molecule has 0 N–H and O–H groups in total. The third-order valence-corrected chi connectivity index (χ3v) is 7.10. The van der Waals surface area contributed by atoms with Crippen LogP contribution in [0.1, 0.15) is 41.7 Å². The molecule has 3 atom stereocenters. The van der Waals surface area contributed by atoms with Crippen molar-refractivity contribution in [3.05, 3.63) is 83.6 Å². The fraction of sp³-hybridized carbons (Fsp3) is 0.308. The van der Waals surface area contributed by atoms with Crippen molar-refractivity contribution in [2.24, 2.45) is 13.0 Å². The van der Waals surface area contributed by atoms with E-state index in [1.54, 1.807) is 11.3 Å². The topological polar surface area (TPSA) is 14.2 Å². The lowest BCUT2D eigenvalue weighted by Crippen LogP contribution is -2.34. The summed E-state index contributed by atoms with van der Waals surface area (Å²) in [6, 6.07) is 24.3. The average Bonchev–Trinajstić information content (AvgIpc) is 3.06. The van der Waals surface area contributed by atoms with Crippen LogP contribution in [0.25, 0.3) is 21.7 Å². The summed E-state index contributed by atoms with van der Waals surface area (Å²) in [6.45, 7) is 0.843. The van der Waals surface area contributed by atoms with Gasteiger partial charge in [0.05, 0.1) is 6.10 Å². The summed E-state index contributed by atoms with van der Waals surface area (Å²) in [7, 11) is 2.26. The molecule has 3 aromatic carbocycles. The van der Waals surface area contributed by atoms with Crippen LogP contribution in [0.15, 0.2) is 66.7 Å². The Morgan fingerprint density at radius 3 is 2.57 bits per heavy atom. The van der Waals surface area contributed by atoms with Crippen molar-refractivity contribution in [3.63, 3.8) is 0 Å². The zero-order valence-corrected chi connectivity index (χ0v) is 16.3. The van der Waals surface area contributed by atoms with Crippen molar-refractivity contribution in [2.45, 2.75) is 31.3 Å². The summed E-state index contributed by atoms with van der Waals surface area (Å²) in [4.78, 5) is 0. The molecule has 1 aromatic heterocycles. The molecule has 2 aliphatic rings. The van der Waals surface area contributed by atoms with E-state index in [-0.39, 0.29) is 6.10 Å². The highest BCUT2D eigenvalue weighted by Gasteiger charge is 2.41. The van der Waals surface area contributed by atoms with Gasteiger partial charge in [0, 0.05) is 36.2 Å². The zero-order chi connectivity index (χ0) is 18.7. The first-order valence-corrected chi connectivity index (χ1v) is 10.5. The number of fused-ring (bicyclic) bond motifs is 6. The Hall–Kier alpha value is -2.58. The van der Waals surface area contributed by atoms with Gasteiger partial charge in [0.2, 0.25) is 0 Å². The van der Waals surface area contributed by atoms with E-state index in [9.17, 15) is 0 Å². The standard InChI is InChI=1S/C26H25NO/c1-27-24-12-5-4-10-19(24)20-13-14-23-21(25(20)27)15-16-28-26(23)22-11-6-8-17-7-2-3-9-18(17)22/h2-12,21,23,26H,13-16H2,1H3/t21-,23-,26-/m0/s1. The number of aromatic nitrogens is 1. The van der Waals surface area contributed by atoms with Crippen LogP contribution in [-0.4, -0.2) is 11.2 Å². The summed E-state index contributed by atoms with van der Waals surface area (Å²) < 4.78 is 8.93. The Morgan fingerprint density at radius 1 is 0.857 bits per heavy atom. The molecule has 2 heteroatoms. The number of hydrogen-bond acceptors (Lipinski definition) is 1. The second kappa shape index (κ2) is 6.22. The fourth-order valence-electron chi connectivity index (χ4n) is 5.92. The molecule has 28 heavy (non-hydrogen) atoms. The Bertz CT molecular complexity index is 1180. The fourth-order valence-corrected chi connectivity index (χ4v) is 5.92. The maximum atomic E-state index is 6.46. The second-order valence-corrected chi connectivity index (χ2v) is 8.40. The monoisotopic (exact) mass is 367 g/mol. The van der Waals surface area contributed by atoms with Gasteiger partial charge in [-0.15, -0.1) is 0 Å². The van der Waals surface area contributed by atoms with Gasteiger partial charge in [-0.2, -0.15) is 0 Å². The molecule has 140 valence electrons. The van der Waals surface area contributed by atoms with Crippen molar-refractivity contribution < 1.29 is 4.74 Å². The molecule has 1 fully saturated rings. The molecule has 2 nitrogen and oxygen atoms in total. The molecular weight excluding hydrogens is 342 g/mol. The van der Waals surface area contributed by atoms with Crippen molar-refractivity contribution >= 4 is 21.7 Å². The molecule has 0 radical (unpaired) electrons. The number of nitrogens with zero attached hydrogens (tertiary/aromatic N) is 1. The summed E-state index contributed by atoms with van der Waals surface area (Å²) in [6.07, 6.45) is 3.68. The predicted octanol–water partition coefficient (Wildman–Crippen LogP) is 6.14. The number of hydrogen-bond donors (Lipinski definition) is 0. The molecule has 4 aromatic rings. The maximum Gasteiger partial charge on any atom is 0.0865 e. The highest BCUT2D eigenvalue weighted by atomic mass is 16.5. The van der Waals surface area contributed by atoms with Gasteiger partial charge < -0.3 is 9.30 Å². The maximum absolute atomic E-state index is 6.46. The van der Waals surface area contributed by atoms with Gasteiger partial charge in [0.1, 0.15) is 0 Å². The first-order chi connectivity index (χ1) is 13.8. The van der Waals surface area contributed by atoms with Gasteiger partial charge in [-0.3, -0.25) is 0 Å². The molecule has 1 aliphatic carbocycles. The van der Waals surface area contributed by atoms with E-state index in [2.05, 4.69) is 78.3 Å². The molecule has 1 aliphatic heterocycles. The van der Waals surface area contributed by atoms with Crippen LogP contribution in [0.4, 0.5) is 0 Å². The third-order valence-electron chi connectivity index (χ3n) is 7.10. The number of ether oxygens (including phenoxy) is 1. The van der Waals surface area contributed by atoms with E-state index >= 15 is 0 Å². The summed E-state index contributed by atoms with van der Waals surface area (Å²) in [5.74, 6) is 1.13. The number of benzene rings is 3. The van der Waals surface area contributed by atoms with Crippen LogP contribution < -0.4 is 0 Å². The minimum Gasteiger partial charge on any atom is -0.373 e. The minimum absolute atomic E-state index is 0.191. The SMILES string of the molecule is Cn1c2c(c3ccccc31)CC[C@H]1[C@@H]2CCO[C@H]1c1cccc2ccccc12. The highest BCUT2D eigenvalue weighted by Crippen LogP contribution is 2.51. The van der Waals surface area contributed by atoms with E-state index in [1.165, 1.54) is 33.7 Å². The molecular formula is C26H25NO. The first-order valence-electron chi connectivity index (χ1n) is 10.5. The predicted molar refractivity (Wildman–Crippen MR) is 115 cm³/mol. The van der Waals surface area contributed by atoms with Crippen LogP contribution >= 0.6 is 0 Å². The summed E-state index contributed by atoms with van der Waals surface area (Å²) >= 11 is 0. The lowest BCUT2D eigenvalue weighted by Gasteiger charge is -2.42. The third kappa shape index (κ3) is 2.24. The van der Waals surface area contributed by atoms with Crippen LogP contribution in [0, 0.1) is 5.92 Å². The van der Waals surface area contributed by atoms with Gasteiger partial charge in [-0.05, 0) is 53.1 Å². The lowest BCUT2D eigenvalue weighted by molar-refractivity contribution is -0.0463. The van der Waals surface area contributed by atoms with E-state index < -0.39 is 0 Å². The average molecular weight is 367 g/mol. The number of aryl methyl sites for hydroxylation is 2. The van der Waals surface area contributed by atoms with Crippen LogP contribution in [0.5, 0.6) is 0 Å². The first kappa shape index (κ1) is 16.4. The molecule has 1 saturated heterocycles. The van der Waals surface area contributed by atoms with Crippen molar-refractivity contribution in [1.29, 1.82) is 0 Å². The van der Waals surface area contributed by atoms with Gasteiger partial charge in [-0.1, -0.05) is 60.7 Å². The zero-order valence-electron chi connectivity index (χ0n) is 16.3. The highest BCUT2D eigenvalue weighted by molar-refractivity contribution is 5.87. The van der Waals surface area contributed by atoms with Gasteiger partial charge in [0.25, 0.3) is 0 Å². The van der Waals surface area contributed by atoms with Gasteiger partial charge >= 0.3 is 0 Å². The number of rotatable bonds is 1. The normalized spacial score (nSPS) is 24.2. The lowest BCUT2D eigenvalue weighted by atomic mass is 9.70. The molecule has 0 unspecified atom stereocenters. The molecule has 6 rings (SSSR count). The van der Waals surface area contributed by atoms with E-state index in [4.69, 9.17) is 4.74 Å². The van der Waals surface area contributed by atoms with Crippen molar-refractivity contribution in [2.75, 3.05) is 6.61 Å². The molecule has 0 spiro atoms. The Balaban J connectivity index is 1.49.